The summed E-state index contributed by atoms with van der Waals surface area (Å²) in [5.41, 5.74) is 1.04. The standard InChI is InChI=1S/C8H10NS/c1-9-7-3-5-8(10-2)6-4-7/h3-6H,1-2H3/q-1. The minimum absolute atomic E-state index is 1.04. The van der Waals surface area contributed by atoms with Crippen molar-refractivity contribution in [1.82, 2.24) is 0 Å². The van der Waals surface area contributed by atoms with Gasteiger partial charge in [0.15, 0.2) is 0 Å². The Morgan fingerprint density at radius 3 is 2.20 bits per heavy atom. The fourth-order valence-corrected chi connectivity index (χ4v) is 1.14. The summed E-state index contributed by atoms with van der Waals surface area (Å²) in [7, 11) is 1.80. The van der Waals surface area contributed by atoms with Crippen LogP contribution in [0.2, 0.25) is 0 Å². The Bertz CT molecular complexity index is 170. The van der Waals surface area contributed by atoms with Gasteiger partial charge in [-0.2, -0.15) is 0 Å². The third kappa shape index (κ3) is 1.67. The Morgan fingerprint density at radius 2 is 1.80 bits per heavy atom. The lowest BCUT2D eigenvalue weighted by Crippen LogP contribution is -1.68. The molecular formula is C8H10NS-. The van der Waals surface area contributed by atoms with Crippen molar-refractivity contribution < 1.29 is 0 Å². The van der Waals surface area contributed by atoms with Crippen molar-refractivity contribution in [2.45, 2.75) is 4.90 Å². The van der Waals surface area contributed by atoms with Gasteiger partial charge in [-0.15, -0.1) is 24.5 Å². The van der Waals surface area contributed by atoms with Crippen molar-refractivity contribution in [3.8, 4) is 0 Å². The van der Waals surface area contributed by atoms with E-state index in [0.717, 1.165) is 5.69 Å². The van der Waals surface area contributed by atoms with Gasteiger partial charge in [0.2, 0.25) is 0 Å². The summed E-state index contributed by atoms with van der Waals surface area (Å²) in [6.07, 6.45) is 2.07. The average molecular weight is 152 g/mol. The maximum atomic E-state index is 4.04. The lowest BCUT2D eigenvalue weighted by Gasteiger charge is -2.12. The third-order valence-electron chi connectivity index (χ3n) is 1.33. The highest BCUT2D eigenvalue weighted by atomic mass is 32.2. The molecule has 0 fully saturated rings. The molecule has 0 bridgehead atoms. The van der Waals surface area contributed by atoms with E-state index in [4.69, 9.17) is 0 Å². The minimum atomic E-state index is 1.04. The van der Waals surface area contributed by atoms with Crippen LogP contribution in [0, 0.1) is 0 Å². The molecule has 0 aliphatic carbocycles. The van der Waals surface area contributed by atoms with Crippen molar-refractivity contribution in [2.24, 2.45) is 0 Å². The van der Waals surface area contributed by atoms with E-state index in [9.17, 15) is 0 Å². The molecule has 0 aromatic heterocycles. The number of hydrogen-bond acceptors (Lipinski definition) is 1. The number of nitrogens with zero attached hydrogens (tertiary/aromatic N) is 1. The largest absolute Gasteiger partial charge is 0.687 e. The van der Waals surface area contributed by atoms with Gasteiger partial charge >= 0.3 is 0 Å². The van der Waals surface area contributed by atoms with Gasteiger partial charge in [-0.25, -0.2) is 0 Å². The fourth-order valence-electron chi connectivity index (χ4n) is 0.731. The fraction of sp³-hybridized carbons (Fsp3) is 0.250. The molecule has 1 rings (SSSR count). The molecule has 0 atom stereocenters. The van der Waals surface area contributed by atoms with E-state index < -0.39 is 0 Å². The Labute approximate surface area is 65.8 Å². The van der Waals surface area contributed by atoms with Crippen molar-refractivity contribution in [3.63, 3.8) is 0 Å². The van der Waals surface area contributed by atoms with Gasteiger partial charge in [-0.3, -0.25) is 0 Å². The molecule has 0 saturated heterocycles. The van der Waals surface area contributed by atoms with Crippen molar-refractivity contribution >= 4 is 17.4 Å². The van der Waals surface area contributed by atoms with Gasteiger partial charge in [0.1, 0.15) is 0 Å². The SMILES string of the molecule is C[N-]c1ccc(SC)cc1. The van der Waals surface area contributed by atoms with E-state index >= 15 is 0 Å². The summed E-state index contributed by atoms with van der Waals surface area (Å²) in [4.78, 5) is 1.28. The van der Waals surface area contributed by atoms with E-state index in [-0.39, 0.29) is 0 Å². The summed E-state index contributed by atoms with van der Waals surface area (Å²) in [5, 5.41) is 4.04. The van der Waals surface area contributed by atoms with E-state index in [1.165, 1.54) is 4.90 Å². The summed E-state index contributed by atoms with van der Waals surface area (Å²) < 4.78 is 0. The lowest BCUT2D eigenvalue weighted by molar-refractivity contribution is 1.46. The second kappa shape index (κ2) is 3.52. The molecule has 0 amide bonds. The number of thioether (sulfide) groups is 1. The first-order valence-electron chi connectivity index (χ1n) is 3.10. The third-order valence-corrected chi connectivity index (χ3v) is 2.07. The van der Waals surface area contributed by atoms with E-state index in [1.807, 2.05) is 12.1 Å². The molecule has 0 spiro atoms. The van der Waals surface area contributed by atoms with E-state index in [1.54, 1.807) is 18.8 Å². The predicted molar refractivity (Wildman–Crippen MR) is 47.2 cm³/mol. The van der Waals surface area contributed by atoms with Crippen LogP contribution in [0.5, 0.6) is 0 Å². The second-order valence-corrected chi connectivity index (χ2v) is 2.80. The molecule has 54 valence electrons. The summed E-state index contributed by atoms with van der Waals surface area (Å²) in [6.45, 7) is 0. The first-order chi connectivity index (χ1) is 4.86. The van der Waals surface area contributed by atoms with Crippen LogP contribution in [-0.2, 0) is 0 Å². The molecule has 0 heterocycles. The lowest BCUT2D eigenvalue weighted by atomic mass is 10.3. The van der Waals surface area contributed by atoms with E-state index in [0.29, 0.717) is 0 Å². The van der Waals surface area contributed by atoms with Gasteiger partial charge < -0.3 is 5.32 Å². The maximum absolute atomic E-state index is 4.04. The molecule has 10 heavy (non-hydrogen) atoms. The van der Waals surface area contributed by atoms with Crippen LogP contribution in [0.4, 0.5) is 5.69 Å². The van der Waals surface area contributed by atoms with Crippen LogP contribution in [0.15, 0.2) is 29.2 Å². The van der Waals surface area contributed by atoms with Crippen molar-refractivity contribution in [1.29, 1.82) is 0 Å². The highest BCUT2D eigenvalue weighted by Gasteiger charge is 1.83. The summed E-state index contributed by atoms with van der Waals surface area (Å²) in [5.74, 6) is 0. The maximum Gasteiger partial charge on any atom is 0.00682 e. The van der Waals surface area contributed by atoms with Crippen LogP contribution in [0.3, 0.4) is 0 Å². The summed E-state index contributed by atoms with van der Waals surface area (Å²) >= 11 is 1.75. The minimum Gasteiger partial charge on any atom is -0.687 e. The van der Waals surface area contributed by atoms with Gasteiger partial charge in [-0.05, 0) is 18.4 Å². The van der Waals surface area contributed by atoms with Gasteiger partial charge in [0, 0.05) is 4.90 Å². The first kappa shape index (κ1) is 7.48. The monoisotopic (exact) mass is 152 g/mol. The zero-order chi connectivity index (χ0) is 7.40. The summed E-state index contributed by atoms with van der Waals surface area (Å²) in [6, 6.07) is 8.19. The molecular weight excluding hydrogens is 142 g/mol. The number of benzene rings is 1. The van der Waals surface area contributed by atoms with Crippen LogP contribution < -0.4 is 0 Å². The Morgan fingerprint density at radius 1 is 1.20 bits per heavy atom. The average Bonchev–Trinajstić information content (AvgIpc) is 2.05. The molecule has 0 unspecified atom stereocenters. The van der Waals surface area contributed by atoms with Crippen LogP contribution in [0.1, 0.15) is 0 Å². The molecule has 1 aromatic rings. The Balaban J connectivity index is 2.80. The van der Waals surface area contributed by atoms with Gasteiger partial charge in [0.05, 0.1) is 0 Å². The quantitative estimate of drug-likeness (QED) is 0.594. The van der Waals surface area contributed by atoms with Crippen molar-refractivity contribution in [3.05, 3.63) is 29.6 Å². The van der Waals surface area contributed by atoms with Crippen LogP contribution in [0.25, 0.3) is 5.32 Å². The zero-order valence-corrected chi connectivity index (χ0v) is 6.98. The molecule has 0 aliphatic heterocycles. The first-order valence-corrected chi connectivity index (χ1v) is 4.33. The van der Waals surface area contributed by atoms with Gasteiger partial charge in [-0.1, -0.05) is 12.1 Å². The highest BCUT2D eigenvalue weighted by molar-refractivity contribution is 7.98. The van der Waals surface area contributed by atoms with Gasteiger partial charge in [0.25, 0.3) is 0 Å². The smallest absolute Gasteiger partial charge is 0.00682 e. The molecule has 1 aromatic carbocycles. The normalized spacial score (nSPS) is 9.40. The van der Waals surface area contributed by atoms with E-state index in [2.05, 4.69) is 23.7 Å². The molecule has 0 aliphatic rings. The van der Waals surface area contributed by atoms with Crippen LogP contribution in [-0.4, -0.2) is 13.3 Å². The second-order valence-electron chi connectivity index (χ2n) is 1.92. The number of hydrogen-bond donors (Lipinski definition) is 0. The Hall–Kier alpha value is -0.630. The Kier molecular flexibility index (Phi) is 2.63. The predicted octanol–water partition coefficient (Wildman–Crippen LogP) is 3.04. The van der Waals surface area contributed by atoms with Crippen molar-refractivity contribution in [2.75, 3.05) is 13.3 Å². The molecule has 0 N–H and O–H groups in total. The number of rotatable bonds is 2. The zero-order valence-electron chi connectivity index (χ0n) is 6.16. The van der Waals surface area contributed by atoms with Crippen LogP contribution >= 0.6 is 11.8 Å². The topological polar surface area (TPSA) is 14.1 Å². The highest BCUT2D eigenvalue weighted by Crippen LogP contribution is 2.20. The molecule has 2 heteroatoms. The molecule has 1 nitrogen and oxygen atoms in total. The molecule has 0 radical (unpaired) electrons. The molecule has 0 saturated carbocycles.